The minimum absolute atomic E-state index is 0.119. The Hall–Kier alpha value is -1.26. The number of phenolic OH excluding ortho intramolecular Hbond substituents is 2. The van der Waals surface area contributed by atoms with E-state index in [1.165, 1.54) is 6.07 Å². The van der Waals surface area contributed by atoms with Crippen molar-refractivity contribution in [3.8, 4) is 11.5 Å². The predicted octanol–water partition coefficient (Wildman–Crippen LogP) is 1.84. The molecule has 1 saturated heterocycles. The Morgan fingerprint density at radius 1 is 1.11 bits per heavy atom. The van der Waals surface area contributed by atoms with E-state index in [0.717, 1.165) is 18.7 Å². The molecule has 0 amide bonds. The fourth-order valence-electron chi connectivity index (χ4n) is 2.76. The van der Waals surface area contributed by atoms with Gasteiger partial charge in [0.1, 0.15) is 11.5 Å². The molecular formula is C14H22N2O2. The summed E-state index contributed by atoms with van der Waals surface area (Å²) in [6.07, 6.45) is 0. The van der Waals surface area contributed by atoms with Crippen LogP contribution in [0.5, 0.6) is 11.5 Å². The van der Waals surface area contributed by atoms with Crippen LogP contribution in [0.3, 0.4) is 0 Å². The third-order valence-corrected chi connectivity index (χ3v) is 3.54. The monoisotopic (exact) mass is 250 g/mol. The molecular weight excluding hydrogens is 228 g/mol. The average molecular weight is 250 g/mol. The summed E-state index contributed by atoms with van der Waals surface area (Å²) >= 11 is 0. The van der Waals surface area contributed by atoms with Gasteiger partial charge in [-0.3, -0.25) is 4.90 Å². The van der Waals surface area contributed by atoms with Crippen LogP contribution in [0.1, 0.15) is 32.4 Å². The molecule has 1 fully saturated rings. The molecule has 0 bridgehead atoms. The van der Waals surface area contributed by atoms with Gasteiger partial charge in [-0.2, -0.15) is 0 Å². The highest BCUT2D eigenvalue weighted by Crippen LogP contribution is 2.29. The van der Waals surface area contributed by atoms with Crippen molar-refractivity contribution >= 4 is 0 Å². The Labute approximate surface area is 108 Å². The molecule has 4 nitrogen and oxygen atoms in total. The van der Waals surface area contributed by atoms with E-state index in [-0.39, 0.29) is 17.5 Å². The lowest BCUT2D eigenvalue weighted by molar-refractivity contribution is 0.131. The normalized spacial score (nSPS) is 27.1. The van der Waals surface area contributed by atoms with Crippen LogP contribution in [0.2, 0.25) is 0 Å². The van der Waals surface area contributed by atoms with E-state index in [2.05, 4.69) is 31.0 Å². The van der Waals surface area contributed by atoms with Gasteiger partial charge in [0.25, 0.3) is 0 Å². The Morgan fingerprint density at radius 3 is 2.11 bits per heavy atom. The van der Waals surface area contributed by atoms with Gasteiger partial charge in [0.15, 0.2) is 0 Å². The van der Waals surface area contributed by atoms with Crippen molar-refractivity contribution in [1.82, 2.24) is 10.2 Å². The van der Waals surface area contributed by atoms with Gasteiger partial charge >= 0.3 is 0 Å². The molecule has 0 aliphatic carbocycles. The summed E-state index contributed by atoms with van der Waals surface area (Å²) in [5, 5.41) is 22.6. The Bertz CT molecular complexity index is 392. The van der Waals surface area contributed by atoms with E-state index in [9.17, 15) is 10.2 Å². The van der Waals surface area contributed by atoms with Crippen molar-refractivity contribution in [3.63, 3.8) is 0 Å². The SMILES string of the molecule is CC1CN(C(C)c2cc(O)cc(O)c2)CC(C)N1. The Balaban J connectivity index is 2.17. The molecule has 3 N–H and O–H groups in total. The number of hydrogen-bond donors (Lipinski definition) is 3. The third kappa shape index (κ3) is 2.94. The van der Waals surface area contributed by atoms with E-state index >= 15 is 0 Å². The molecule has 4 heteroatoms. The van der Waals surface area contributed by atoms with Gasteiger partial charge in [-0.05, 0) is 38.5 Å². The van der Waals surface area contributed by atoms with Gasteiger partial charge < -0.3 is 15.5 Å². The summed E-state index contributed by atoms with van der Waals surface area (Å²) in [5.41, 5.74) is 0.953. The number of nitrogens with one attached hydrogen (secondary N) is 1. The molecule has 0 aromatic heterocycles. The van der Waals surface area contributed by atoms with Crippen LogP contribution in [0.25, 0.3) is 0 Å². The van der Waals surface area contributed by atoms with Crippen LogP contribution in [0.4, 0.5) is 0 Å². The Kier molecular flexibility index (Phi) is 3.78. The van der Waals surface area contributed by atoms with Gasteiger partial charge in [-0.25, -0.2) is 0 Å². The van der Waals surface area contributed by atoms with E-state index in [4.69, 9.17) is 0 Å². The second kappa shape index (κ2) is 5.16. The van der Waals surface area contributed by atoms with Gasteiger partial charge in [-0.1, -0.05) is 0 Å². The van der Waals surface area contributed by atoms with Crippen LogP contribution in [0.15, 0.2) is 18.2 Å². The molecule has 100 valence electrons. The number of phenols is 2. The first-order valence-corrected chi connectivity index (χ1v) is 6.48. The lowest BCUT2D eigenvalue weighted by atomic mass is 10.0. The minimum Gasteiger partial charge on any atom is -0.508 e. The first-order valence-electron chi connectivity index (χ1n) is 6.48. The number of aromatic hydroxyl groups is 2. The van der Waals surface area contributed by atoms with Crippen LogP contribution in [0, 0.1) is 0 Å². The quantitative estimate of drug-likeness (QED) is 0.749. The summed E-state index contributed by atoms with van der Waals surface area (Å²) in [6, 6.07) is 5.92. The smallest absolute Gasteiger partial charge is 0.119 e. The second-order valence-electron chi connectivity index (χ2n) is 5.38. The fourth-order valence-corrected chi connectivity index (χ4v) is 2.76. The standard InChI is InChI=1S/C14H22N2O2/c1-9-7-16(8-10(2)15-9)11(3)12-4-13(17)6-14(18)5-12/h4-6,9-11,15,17-18H,7-8H2,1-3H3. The van der Waals surface area contributed by atoms with Crippen molar-refractivity contribution < 1.29 is 10.2 Å². The second-order valence-corrected chi connectivity index (χ2v) is 5.38. The molecule has 0 saturated carbocycles. The number of nitrogens with zero attached hydrogens (tertiary/aromatic N) is 1. The molecule has 0 spiro atoms. The number of rotatable bonds is 2. The summed E-state index contributed by atoms with van der Waals surface area (Å²) < 4.78 is 0. The van der Waals surface area contributed by atoms with E-state index in [1.54, 1.807) is 12.1 Å². The highest BCUT2D eigenvalue weighted by atomic mass is 16.3. The van der Waals surface area contributed by atoms with Gasteiger partial charge in [0.2, 0.25) is 0 Å². The molecule has 0 radical (unpaired) electrons. The van der Waals surface area contributed by atoms with Crippen molar-refractivity contribution in [1.29, 1.82) is 0 Å². The molecule has 1 aliphatic heterocycles. The summed E-state index contributed by atoms with van der Waals surface area (Å²) in [5.74, 6) is 0.237. The highest BCUT2D eigenvalue weighted by molar-refractivity contribution is 5.38. The first-order chi connectivity index (χ1) is 8.45. The number of benzene rings is 1. The van der Waals surface area contributed by atoms with Crippen LogP contribution >= 0.6 is 0 Å². The van der Waals surface area contributed by atoms with Crippen molar-refractivity contribution in [3.05, 3.63) is 23.8 Å². The lowest BCUT2D eigenvalue weighted by Crippen LogP contribution is -2.54. The minimum atomic E-state index is 0.119. The van der Waals surface area contributed by atoms with Gasteiger partial charge in [0.05, 0.1) is 0 Å². The third-order valence-electron chi connectivity index (χ3n) is 3.54. The molecule has 1 aliphatic rings. The van der Waals surface area contributed by atoms with E-state index in [0.29, 0.717) is 12.1 Å². The number of piperazine rings is 1. The highest BCUT2D eigenvalue weighted by Gasteiger charge is 2.25. The first kappa shape index (κ1) is 13.2. The molecule has 2 rings (SSSR count). The van der Waals surface area contributed by atoms with Crippen molar-refractivity contribution in [2.24, 2.45) is 0 Å². The molecule has 18 heavy (non-hydrogen) atoms. The van der Waals surface area contributed by atoms with Crippen LogP contribution < -0.4 is 5.32 Å². The fraction of sp³-hybridized carbons (Fsp3) is 0.571. The molecule has 3 atom stereocenters. The maximum Gasteiger partial charge on any atom is 0.119 e. The van der Waals surface area contributed by atoms with Gasteiger partial charge in [-0.15, -0.1) is 0 Å². The summed E-state index contributed by atoms with van der Waals surface area (Å²) in [6.45, 7) is 8.41. The maximum absolute atomic E-state index is 9.55. The molecule has 1 aromatic carbocycles. The van der Waals surface area contributed by atoms with Crippen molar-refractivity contribution in [2.75, 3.05) is 13.1 Å². The number of hydrogen-bond acceptors (Lipinski definition) is 4. The van der Waals surface area contributed by atoms with E-state index < -0.39 is 0 Å². The van der Waals surface area contributed by atoms with Crippen molar-refractivity contribution in [2.45, 2.75) is 38.9 Å². The molecule has 1 aromatic rings. The summed E-state index contributed by atoms with van der Waals surface area (Å²) in [7, 11) is 0. The van der Waals surface area contributed by atoms with Crippen LogP contribution in [-0.2, 0) is 0 Å². The maximum atomic E-state index is 9.55. The van der Waals surface area contributed by atoms with E-state index in [1.807, 2.05) is 0 Å². The zero-order chi connectivity index (χ0) is 13.3. The van der Waals surface area contributed by atoms with Gasteiger partial charge in [0, 0.05) is 37.3 Å². The predicted molar refractivity (Wildman–Crippen MR) is 71.8 cm³/mol. The summed E-state index contributed by atoms with van der Waals surface area (Å²) in [4.78, 5) is 2.38. The largest absolute Gasteiger partial charge is 0.508 e. The Morgan fingerprint density at radius 2 is 1.61 bits per heavy atom. The topological polar surface area (TPSA) is 55.7 Å². The average Bonchev–Trinajstić information content (AvgIpc) is 2.25. The molecule has 1 heterocycles. The molecule has 3 unspecified atom stereocenters. The zero-order valence-corrected chi connectivity index (χ0v) is 11.2. The van der Waals surface area contributed by atoms with Crippen LogP contribution in [-0.4, -0.2) is 40.3 Å². The zero-order valence-electron chi connectivity index (χ0n) is 11.2. The lowest BCUT2D eigenvalue weighted by Gasteiger charge is -2.39.